The van der Waals surface area contributed by atoms with Crippen molar-refractivity contribution in [2.75, 3.05) is 14.2 Å². The molecule has 0 saturated carbocycles. The van der Waals surface area contributed by atoms with Crippen LogP contribution in [0.1, 0.15) is 22.1 Å². The molecule has 4 heteroatoms. The van der Waals surface area contributed by atoms with Gasteiger partial charge in [-0.25, -0.2) is 0 Å². The van der Waals surface area contributed by atoms with Crippen molar-refractivity contribution < 1.29 is 9.47 Å². The lowest BCUT2D eigenvalue weighted by atomic mass is 9.99. The highest BCUT2D eigenvalue weighted by Crippen LogP contribution is 2.39. The lowest BCUT2D eigenvalue weighted by Crippen LogP contribution is -2.00. The maximum atomic E-state index is 6.67. The lowest BCUT2D eigenvalue weighted by molar-refractivity contribution is 0.399. The van der Waals surface area contributed by atoms with Crippen LogP contribution in [0.3, 0.4) is 0 Å². The van der Waals surface area contributed by atoms with Crippen LogP contribution >= 0.6 is 27.5 Å². The molecule has 20 heavy (non-hydrogen) atoms. The van der Waals surface area contributed by atoms with E-state index in [-0.39, 0.29) is 5.38 Å². The van der Waals surface area contributed by atoms with E-state index in [0.717, 1.165) is 32.7 Å². The molecule has 2 aromatic rings. The van der Waals surface area contributed by atoms with Gasteiger partial charge in [0.2, 0.25) is 0 Å². The number of hydrogen-bond acceptors (Lipinski definition) is 2. The Labute approximate surface area is 132 Å². The summed E-state index contributed by atoms with van der Waals surface area (Å²) >= 11 is 10.2. The van der Waals surface area contributed by atoms with Crippen LogP contribution < -0.4 is 9.47 Å². The van der Waals surface area contributed by atoms with Gasteiger partial charge in [-0.3, -0.25) is 0 Å². The minimum absolute atomic E-state index is 0.294. The Bertz CT molecular complexity index is 613. The zero-order valence-electron chi connectivity index (χ0n) is 11.6. The van der Waals surface area contributed by atoms with E-state index in [0.29, 0.717) is 0 Å². The SMILES string of the molecule is COc1ccc(OC)c(C(Cl)c2cc(Br)ccc2C)c1. The second-order valence-electron chi connectivity index (χ2n) is 4.47. The Morgan fingerprint density at radius 3 is 2.40 bits per heavy atom. The van der Waals surface area contributed by atoms with Gasteiger partial charge in [-0.15, -0.1) is 11.6 Å². The Kier molecular flexibility index (Phi) is 4.95. The van der Waals surface area contributed by atoms with E-state index >= 15 is 0 Å². The van der Waals surface area contributed by atoms with Gasteiger partial charge in [0.1, 0.15) is 11.5 Å². The maximum Gasteiger partial charge on any atom is 0.124 e. The lowest BCUT2D eigenvalue weighted by Gasteiger charge is -2.17. The monoisotopic (exact) mass is 354 g/mol. The third-order valence-electron chi connectivity index (χ3n) is 3.22. The molecule has 0 radical (unpaired) electrons. The third kappa shape index (κ3) is 3.10. The summed E-state index contributed by atoms with van der Waals surface area (Å²) in [6.07, 6.45) is 0. The van der Waals surface area contributed by atoms with Crippen LogP contribution in [-0.2, 0) is 0 Å². The zero-order valence-corrected chi connectivity index (χ0v) is 14.0. The van der Waals surface area contributed by atoms with Crippen molar-refractivity contribution in [1.82, 2.24) is 0 Å². The Balaban J connectivity index is 2.51. The molecule has 2 rings (SSSR count). The molecule has 0 aliphatic rings. The molecule has 0 fully saturated rings. The van der Waals surface area contributed by atoms with Crippen molar-refractivity contribution in [3.63, 3.8) is 0 Å². The Hall–Kier alpha value is -1.19. The molecule has 0 saturated heterocycles. The number of halogens is 2. The first-order valence-electron chi connectivity index (χ1n) is 6.19. The maximum absolute atomic E-state index is 6.67. The molecule has 0 N–H and O–H groups in total. The highest BCUT2D eigenvalue weighted by molar-refractivity contribution is 9.10. The van der Waals surface area contributed by atoms with Crippen molar-refractivity contribution >= 4 is 27.5 Å². The number of methoxy groups -OCH3 is 2. The van der Waals surface area contributed by atoms with Crippen LogP contribution in [-0.4, -0.2) is 14.2 Å². The van der Waals surface area contributed by atoms with Crippen LogP contribution in [0.5, 0.6) is 11.5 Å². The Morgan fingerprint density at radius 2 is 1.75 bits per heavy atom. The predicted octanol–water partition coefficient (Wildman–Crippen LogP) is 5.10. The summed E-state index contributed by atoms with van der Waals surface area (Å²) in [5.41, 5.74) is 3.08. The molecule has 2 nitrogen and oxygen atoms in total. The fourth-order valence-corrected chi connectivity index (χ4v) is 2.87. The van der Waals surface area contributed by atoms with Gasteiger partial charge in [-0.1, -0.05) is 22.0 Å². The summed E-state index contributed by atoms with van der Waals surface area (Å²) in [6, 6.07) is 11.7. The second-order valence-corrected chi connectivity index (χ2v) is 5.82. The van der Waals surface area contributed by atoms with Crippen molar-refractivity contribution in [1.29, 1.82) is 0 Å². The average Bonchev–Trinajstić information content (AvgIpc) is 2.48. The highest BCUT2D eigenvalue weighted by atomic mass is 79.9. The number of alkyl halides is 1. The molecule has 0 aliphatic carbocycles. The van der Waals surface area contributed by atoms with Gasteiger partial charge in [0.05, 0.1) is 19.6 Å². The topological polar surface area (TPSA) is 18.5 Å². The first-order valence-corrected chi connectivity index (χ1v) is 7.41. The van der Waals surface area contributed by atoms with Gasteiger partial charge in [-0.2, -0.15) is 0 Å². The van der Waals surface area contributed by atoms with E-state index in [4.69, 9.17) is 21.1 Å². The van der Waals surface area contributed by atoms with E-state index < -0.39 is 0 Å². The summed E-state index contributed by atoms with van der Waals surface area (Å²) in [6.45, 7) is 2.05. The van der Waals surface area contributed by atoms with Gasteiger partial charge in [-0.05, 0) is 48.4 Å². The van der Waals surface area contributed by atoms with Crippen LogP contribution in [0, 0.1) is 6.92 Å². The quantitative estimate of drug-likeness (QED) is 0.710. The zero-order chi connectivity index (χ0) is 14.7. The van der Waals surface area contributed by atoms with E-state index in [9.17, 15) is 0 Å². The number of aryl methyl sites for hydroxylation is 1. The normalized spacial score (nSPS) is 12.1. The van der Waals surface area contributed by atoms with Crippen LogP contribution in [0.2, 0.25) is 0 Å². The minimum Gasteiger partial charge on any atom is -0.497 e. The number of benzene rings is 2. The molecule has 2 aromatic carbocycles. The largest absolute Gasteiger partial charge is 0.497 e. The molecule has 0 bridgehead atoms. The van der Waals surface area contributed by atoms with E-state index in [1.165, 1.54) is 0 Å². The summed E-state index contributed by atoms with van der Waals surface area (Å²) in [4.78, 5) is 0. The summed E-state index contributed by atoms with van der Waals surface area (Å²) in [5, 5.41) is -0.294. The van der Waals surface area contributed by atoms with Gasteiger partial charge in [0, 0.05) is 10.0 Å². The van der Waals surface area contributed by atoms with Crippen molar-refractivity contribution in [2.45, 2.75) is 12.3 Å². The predicted molar refractivity (Wildman–Crippen MR) is 86.1 cm³/mol. The van der Waals surface area contributed by atoms with Gasteiger partial charge in [0.15, 0.2) is 0 Å². The molecule has 1 unspecified atom stereocenters. The van der Waals surface area contributed by atoms with Crippen molar-refractivity contribution in [3.05, 3.63) is 57.6 Å². The molecular formula is C16H16BrClO2. The molecule has 0 amide bonds. The Morgan fingerprint density at radius 1 is 1.00 bits per heavy atom. The van der Waals surface area contributed by atoms with E-state index in [1.54, 1.807) is 14.2 Å². The van der Waals surface area contributed by atoms with Gasteiger partial charge >= 0.3 is 0 Å². The summed E-state index contributed by atoms with van der Waals surface area (Å²) in [7, 11) is 3.28. The molecule has 0 aromatic heterocycles. The van der Waals surface area contributed by atoms with Crippen molar-refractivity contribution in [2.24, 2.45) is 0 Å². The summed E-state index contributed by atoms with van der Waals surface area (Å²) < 4.78 is 11.7. The molecular weight excluding hydrogens is 340 g/mol. The average molecular weight is 356 g/mol. The first kappa shape index (κ1) is 15.2. The van der Waals surface area contributed by atoms with Crippen LogP contribution in [0.15, 0.2) is 40.9 Å². The number of ether oxygens (including phenoxy) is 2. The van der Waals surface area contributed by atoms with E-state index in [2.05, 4.69) is 15.9 Å². The number of hydrogen-bond donors (Lipinski definition) is 0. The fraction of sp³-hybridized carbons (Fsp3) is 0.250. The smallest absolute Gasteiger partial charge is 0.124 e. The highest BCUT2D eigenvalue weighted by Gasteiger charge is 2.18. The van der Waals surface area contributed by atoms with Crippen LogP contribution in [0.25, 0.3) is 0 Å². The standard InChI is InChI=1S/C16H16BrClO2/c1-10-4-5-11(17)8-13(10)16(18)14-9-12(19-2)6-7-15(14)20-3/h4-9,16H,1-3H3. The molecule has 106 valence electrons. The third-order valence-corrected chi connectivity index (χ3v) is 4.19. The minimum atomic E-state index is -0.294. The van der Waals surface area contributed by atoms with E-state index in [1.807, 2.05) is 43.3 Å². The fourth-order valence-electron chi connectivity index (χ4n) is 2.09. The second kappa shape index (κ2) is 6.51. The molecule has 1 atom stereocenters. The first-order chi connectivity index (χ1) is 9.56. The molecule has 0 spiro atoms. The molecule has 0 heterocycles. The molecule has 0 aliphatic heterocycles. The van der Waals surface area contributed by atoms with Crippen LogP contribution in [0.4, 0.5) is 0 Å². The van der Waals surface area contributed by atoms with Crippen molar-refractivity contribution in [3.8, 4) is 11.5 Å². The summed E-state index contributed by atoms with van der Waals surface area (Å²) in [5.74, 6) is 1.52. The number of rotatable bonds is 4. The van der Waals surface area contributed by atoms with Gasteiger partial charge < -0.3 is 9.47 Å². The van der Waals surface area contributed by atoms with Gasteiger partial charge in [0.25, 0.3) is 0 Å².